The summed E-state index contributed by atoms with van der Waals surface area (Å²) in [5.74, 6) is -1.96. The zero-order valence-corrected chi connectivity index (χ0v) is 32.4. The Bertz CT molecular complexity index is 1690. The number of ether oxygens (including phenoxy) is 3. The minimum atomic E-state index is -1.23. The molecular weight excluding hydrogens is 709 g/mol. The van der Waals surface area contributed by atoms with Gasteiger partial charge >= 0.3 is 5.97 Å². The summed E-state index contributed by atoms with van der Waals surface area (Å²) in [5.41, 5.74) is 1.54. The number of fused-ring (bicyclic) bond motifs is 13. The van der Waals surface area contributed by atoms with Gasteiger partial charge in [0.25, 0.3) is 5.91 Å². The van der Waals surface area contributed by atoms with E-state index >= 15 is 0 Å². The fourth-order valence-electron chi connectivity index (χ4n) is 5.67. The van der Waals surface area contributed by atoms with Crippen LogP contribution in [0.2, 0.25) is 0 Å². The number of rotatable bonds is 13. The van der Waals surface area contributed by atoms with Gasteiger partial charge in [-0.25, -0.2) is 4.79 Å². The Labute approximate surface area is 321 Å². The molecule has 3 aromatic rings. The number of carbonyl (C=O) groups excluding carboxylic acids is 5. The van der Waals surface area contributed by atoms with Gasteiger partial charge in [0, 0.05) is 17.7 Å². The molecule has 4 N–H and O–H groups in total. The van der Waals surface area contributed by atoms with Gasteiger partial charge in [-0.15, -0.1) is 0 Å². The molecule has 5 atom stereocenters. The van der Waals surface area contributed by atoms with E-state index in [1.165, 1.54) is 0 Å². The van der Waals surface area contributed by atoms with Gasteiger partial charge in [-0.3, -0.25) is 19.2 Å². The van der Waals surface area contributed by atoms with Crippen LogP contribution in [-0.2, 0) is 41.7 Å². The molecule has 0 aromatic heterocycles. The van der Waals surface area contributed by atoms with Gasteiger partial charge < -0.3 is 35.5 Å². The van der Waals surface area contributed by atoms with Crippen molar-refractivity contribution in [3.63, 3.8) is 0 Å². The molecule has 13 heteroatoms. The van der Waals surface area contributed by atoms with Crippen molar-refractivity contribution in [1.29, 1.82) is 0 Å². The van der Waals surface area contributed by atoms with Crippen molar-refractivity contribution >= 4 is 41.4 Å². The third-order valence-corrected chi connectivity index (χ3v) is 10.3. The molecule has 4 amide bonds. The molecule has 0 saturated carbocycles. The second kappa shape index (κ2) is 21.0. The number of nitrogens with one attached hydrogen (secondary N) is 4. The highest BCUT2D eigenvalue weighted by Crippen LogP contribution is 2.26. The van der Waals surface area contributed by atoms with Crippen molar-refractivity contribution in [2.24, 2.45) is 11.8 Å². The first-order valence-corrected chi connectivity index (χ1v) is 19.3. The van der Waals surface area contributed by atoms with E-state index in [1.54, 1.807) is 43.5 Å². The minimum Gasteiger partial charge on any atom is -0.497 e. The van der Waals surface area contributed by atoms with Gasteiger partial charge in [0.1, 0.15) is 36.2 Å². The van der Waals surface area contributed by atoms with E-state index < -0.39 is 47.2 Å². The molecule has 0 fully saturated rings. The van der Waals surface area contributed by atoms with Crippen LogP contribution in [0.5, 0.6) is 11.5 Å². The van der Waals surface area contributed by atoms with E-state index in [-0.39, 0.29) is 37.2 Å². The monoisotopic (exact) mass is 760 g/mol. The number of thioether (sulfide) groups is 1. The number of amides is 4. The molecule has 2 aliphatic rings. The van der Waals surface area contributed by atoms with E-state index in [9.17, 15) is 24.0 Å². The predicted octanol–water partition coefficient (Wildman–Crippen LogP) is 4.93. The molecule has 0 saturated heterocycles. The van der Waals surface area contributed by atoms with Crippen molar-refractivity contribution in [2.45, 2.75) is 94.8 Å². The Hall–Kier alpha value is -5.04. The first kappa shape index (κ1) is 41.7. The lowest BCUT2D eigenvalue weighted by atomic mass is 9.99. The summed E-state index contributed by atoms with van der Waals surface area (Å²) in [6, 6.07) is 20.4. The number of hydrogen-bond donors (Lipinski definition) is 4. The van der Waals surface area contributed by atoms with E-state index in [0.717, 1.165) is 22.9 Å². The maximum Gasteiger partial charge on any atom is 0.329 e. The number of methoxy groups -OCH3 is 1. The molecule has 0 aliphatic carbocycles. The summed E-state index contributed by atoms with van der Waals surface area (Å²) in [7, 11) is 1.55. The second-order valence-corrected chi connectivity index (χ2v) is 14.8. The second-order valence-electron chi connectivity index (χ2n) is 13.7. The highest BCUT2D eigenvalue weighted by molar-refractivity contribution is 8.00. The minimum absolute atomic E-state index is 0.0373. The average Bonchev–Trinajstić information content (AvgIpc) is 3.17. The molecule has 3 aromatic carbocycles. The first-order chi connectivity index (χ1) is 26.0. The number of hydrogen-bond acceptors (Lipinski definition) is 9. The Kier molecular flexibility index (Phi) is 16.2. The lowest BCUT2D eigenvalue weighted by molar-refractivity contribution is -0.150. The summed E-state index contributed by atoms with van der Waals surface area (Å²) in [4.78, 5) is 69.0. The van der Waals surface area contributed by atoms with E-state index in [4.69, 9.17) is 14.2 Å². The van der Waals surface area contributed by atoms with Crippen LogP contribution in [0.1, 0.15) is 64.5 Å². The Morgan fingerprint density at radius 2 is 1.61 bits per heavy atom. The molecule has 2 aliphatic heterocycles. The molecule has 290 valence electrons. The van der Waals surface area contributed by atoms with Gasteiger partial charge in [0.15, 0.2) is 5.37 Å². The fourth-order valence-corrected chi connectivity index (χ4v) is 6.59. The highest BCUT2D eigenvalue weighted by Gasteiger charge is 2.34. The van der Waals surface area contributed by atoms with Crippen molar-refractivity contribution in [2.75, 3.05) is 13.7 Å². The van der Waals surface area contributed by atoms with Crippen LogP contribution in [-0.4, -0.2) is 66.8 Å². The van der Waals surface area contributed by atoms with Gasteiger partial charge in [-0.05, 0) is 72.2 Å². The summed E-state index contributed by atoms with van der Waals surface area (Å²) in [6.07, 6.45) is 2.13. The van der Waals surface area contributed by atoms with Crippen LogP contribution in [0.15, 0.2) is 83.8 Å². The van der Waals surface area contributed by atoms with Crippen LogP contribution in [0.25, 0.3) is 0 Å². The quantitative estimate of drug-likeness (QED) is 0.108. The summed E-state index contributed by atoms with van der Waals surface area (Å²) in [6.45, 7) is 7.85. The van der Waals surface area contributed by atoms with E-state index in [1.807, 2.05) is 70.2 Å². The van der Waals surface area contributed by atoms with Crippen molar-refractivity contribution < 1.29 is 38.2 Å². The number of carbonyl (C=O) groups is 5. The lowest BCUT2D eigenvalue weighted by Crippen LogP contribution is -2.58. The van der Waals surface area contributed by atoms with Crippen LogP contribution >= 0.6 is 11.8 Å². The van der Waals surface area contributed by atoms with Crippen molar-refractivity contribution in [3.8, 4) is 11.5 Å². The zero-order chi connectivity index (χ0) is 39.0. The van der Waals surface area contributed by atoms with Crippen molar-refractivity contribution in [1.82, 2.24) is 21.3 Å². The standard InChI is InChI=1S/C41H52N4O8S/c1-6-27(4)36(41(50)53-25-29-12-8-7-9-13-29)44-39(49)40(54-32-21-19-30(51-5)20-22-32)45-37(47)33-24-28-15-17-31(18-16-28)52-23-11-10-14-34(46)43-35(26(2)3)38(48)42-33/h7-9,12-13,15-22,26-27,33,35-36,40H,6,10-11,14,23-25H2,1-5H3,(H,42,48)(H,43,46)(H,44,49)(H,45,47)/t27-,33-,35-,36-,40?/m0/s1. The lowest BCUT2D eigenvalue weighted by Gasteiger charge is -2.28. The number of benzene rings is 3. The Balaban J connectivity index is 1.62. The van der Waals surface area contributed by atoms with Gasteiger partial charge in [-0.1, -0.05) is 88.3 Å². The van der Waals surface area contributed by atoms with Crippen LogP contribution in [0.4, 0.5) is 0 Å². The summed E-state index contributed by atoms with van der Waals surface area (Å²) >= 11 is 1.07. The largest absolute Gasteiger partial charge is 0.497 e. The normalized spacial score (nSPS) is 18.3. The van der Waals surface area contributed by atoms with Crippen molar-refractivity contribution in [3.05, 3.63) is 90.0 Å². The highest BCUT2D eigenvalue weighted by atomic mass is 32.2. The van der Waals surface area contributed by atoms with Gasteiger partial charge in [0.05, 0.1) is 13.7 Å². The Morgan fingerprint density at radius 1 is 0.907 bits per heavy atom. The molecule has 1 unspecified atom stereocenters. The molecule has 54 heavy (non-hydrogen) atoms. The maximum absolute atomic E-state index is 14.3. The Morgan fingerprint density at radius 3 is 2.26 bits per heavy atom. The number of esters is 1. The van der Waals surface area contributed by atoms with Gasteiger partial charge in [-0.2, -0.15) is 0 Å². The molecule has 2 heterocycles. The van der Waals surface area contributed by atoms with Crippen LogP contribution < -0.4 is 30.7 Å². The van der Waals surface area contributed by atoms with Gasteiger partial charge in [0.2, 0.25) is 17.7 Å². The third-order valence-electron chi connectivity index (χ3n) is 9.14. The maximum atomic E-state index is 14.3. The molecule has 0 radical (unpaired) electrons. The van der Waals surface area contributed by atoms with E-state index in [2.05, 4.69) is 21.3 Å². The molecule has 2 bridgehead atoms. The average molecular weight is 761 g/mol. The molecule has 0 spiro atoms. The third kappa shape index (κ3) is 12.8. The first-order valence-electron chi connectivity index (χ1n) is 18.4. The topological polar surface area (TPSA) is 161 Å². The summed E-state index contributed by atoms with van der Waals surface area (Å²) < 4.78 is 16.8. The zero-order valence-electron chi connectivity index (χ0n) is 31.6. The smallest absolute Gasteiger partial charge is 0.329 e. The molecule has 12 nitrogen and oxygen atoms in total. The van der Waals surface area contributed by atoms with Crippen LogP contribution in [0.3, 0.4) is 0 Å². The SMILES string of the molecule is CC[C@H](C)[C@H](NC(=O)C(NC(=O)[C@@H]1Cc2ccc(cc2)OCCCCC(=O)N[C@@H](C(C)C)C(=O)N1)Sc1ccc(OC)cc1)C(=O)OCc1ccccc1. The fraction of sp³-hybridized carbons (Fsp3) is 0.439. The van der Waals surface area contributed by atoms with Crippen LogP contribution in [0, 0.1) is 11.8 Å². The molecule has 5 rings (SSSR count). The molecular formula is C41H52N4O8S. The predicted molar refractivity (Wildman–Crippen MR) is 207 cm³/mol. The van der Waals surface area contributed by atoms with E-state index in [0.29, 0.717) is 42.3 Å². The summed E-state index contributed by atoms with van der Waals surface area (Å²) in [5, 5.41) is 10.1.